The normalized spacial score (nSPS) is 12.0. The maximum atomic E-state index is 14.5. The smallest absolute Gasteiger partial charge is 0.256 e. The molecule has 3 rings (SSSR count). The van der Waals surface area contributed by atoms with Crippen molar-refractivity contribution in [2.24, 2.45) is 0 Å². The molecule has 0 saturated carbocycles. The van der Waals surface area contributed by atoms with Gasteiger partial charge in [0.05, 0.1) is 18.0 Å². The maximum Gasteiger partial charge on any atom is 0.256 e. The van der Waals surface area contributed by atoms with Crippen LogP contribution >= 0.6 is 0 Å². The summed E-state index contributed by atoms with van der Waals surface area (Å²) < 4.78 is 14.5. The molecule has 0 aliphatic rings. The Morgan fingerprint density at radius 2 is 1.89 bits per heavy atom. The summed E-state index contributed by atoms with van der Waals surface area (Å²) in [6.07, 6.45) is 7.82. The fourth-order valence-corrected chi connectivity index (χ4v) is 3.07. The molecule has 0 unspecified atom stereocenters. The third-order valence-corrected chi connectivity index (χ3v) is 4.59. The zero-order chi connectivity index (χ0) is 20.1. The zero-order valence-electron chi connectivity index (χ0n) is 16.2. The summed E-state index contributed by atoms with van der Waals surface area (Å²) in [5.74, 6) is -0.0569. The van der Waals surface area contributed by atoms with Crippen LogP contribution in [0.3, 0.4) is 0 Å². The van der Waals surface area contributed by atoms with Crippen LogP contribution in [0.2, 0.25) is 0 Å². The molecule has 0 N–H and O–H groups in total. The highest BCUT2D eigenvalue weighted by atomic mass is 19.1. The van der Waals surface area contributed by atoms with Gasteiger partial charge in [0.1, 0.15) is 11.5 Å². The quantitative estimate of drug-likeness (QED) is 0.628. The number of hydrogen-bond donors (Lipinski definition) is 0. The lowest BCUT2D eigenvalue weighted by molar-refractivity contribution is 0.0695. The van der Waals surface area contributed by atoms with Crippen LogP contribution in [0.4, 0.5) is 4.39 Å². The predicted octanol–water partition coefficient (Wildman–Crippen LogP) is 2.99. The maximum absolute atomic E-state index is 14.5. The first-order chi connectivity index (χ1) is 13.5. The number of amides is 1. The number of aromatic nitrogens is 5. The summed E-state index contributed by atoms with van der Waals surface area (Å²) in [6, 6.07) is 4.35. The van der Waals surface area contributed by atoms with Crippen molar-refractivity contribution in [3.05, 3.63) is 65.8 Å². The molecule has 146 valence electrons. The van der Waals surface area contributed by atoms with Crippen molar-refractivity contribution in [3.63, 3.8) is 0 Å². The van der Waals surface area contributed by atoms with Crippen molar-refractivity contribution in [1.29, 1.82) is 0 Å². The minimum absolute atomic E-state index is 0.0602. The van der Waals surface area contributed by atoms with Crippen molar-refractivity contribution in [2.75, 3.05) is 6.54 Å². The van der Waals surface area contributed by atoms with E-state index in [1.807, 2.05) is 20.8 Å². The lowest BCUT2D eigenvalue weighted by atomic mass is 10.1. The molecule has 0 fully saturated rings. The molecule has 0 spiro atoms. The van der Waals surface area contributed by atoms with Crippen molar-refractivity contribution >= 4 is 5.91 Å². The highest BCUT2D eigenvalue weighted by Gasteiger charge is 2.25. The standard InChI is InChI=1S/C20H23FN6O/c1-4-26(15(3)8-9-18-22-12-14(2)13-23-18)20(28)16-6-5-7-17(21)19(16)27-24-10-11-25-27/h5-7,10-13,15H,4,8-9H2,1-3H3/t15-/m0/s1. The van der Waals surface area contributed by atoms with Gasteiger partial charge in [-0.15, -0.1) is 4.80 Å². The van der Waals surface area contributed by atoms with E-state index in [0.29, 0.717) is 19.4 Å². The Morgan fingerprint density at radius 3 is 2.54 bits per heavy atom. The highest BCUT2D eigenvalue weighted by Crippen LogP contribution is 2.21. The molecule has 0 aliphatic heterocycles. The molecule has 2 heterocycles. The van der Waals surface area contributed by atoms with Crippen LogP contribution in [0.15, 0.2) is 43.0 Å². The second-order valence-corrected chi connectivity index (χ2v) is 6.61. The van der Waals surface area contributed by atoms with Gasteiger partial charge < -0.3 is 4.90 Å². The van der Waals surface area contributed by atoms with Crippen LogP contribution in [0.5, 0.6) is 0 Å². The van der Waals surface area contributed by atoms with Crippen LogP contribution < -0.4 is 0 Å². The number of rotatable bonds is 7. The second-order valence-electron chi connectivity index (χ2n) is 6.61. The predicted molar refractivity (Wildman–Crippen MR) is 103 cm³/mol. The molecule has 1 atom stereocenters. The molecular weight excluding hydrogens is 359 g/mol. The minimum atomic E-state index is -0.543. The number of halogens is 1. The first-order valence-electron chi connectivity index (χ1n) is 9.25. The van der Waals surface area contributed by atoms with E-state index in [4.69, 9.17) is 0 Å². The van der Waals surface area contributed by atoms with Crippen molar-refractivity contribution in [2.45, 2.75) is 39.7 Å². The van der Waals surface area contributed by atoms with E-state index in [9.17, 15) is 9.18 Å². The van der Waals surface area contributed by atoms with Gasteiger partial charge in [-0.3, -0.25) is 4.79 Å². The molecule has 3 aromatic rings. The molecule has 2 aromatic heterocycles. The molecule has 7 nitrogen and oxygen atoms in total. The van der Waals surface area contributed by atoms with Crippen LogP contribution in [0.1, 0.15) is 42.0 Å². The Labute approximate surface area is 163 Å². The van der Waals surface area contributed by atoms with Crippen LogP contribution in [0.25, 0.3) is 5.69 Å². The number of para-hydroxylation sites is 1. The lowest BCUT2D eigenvalue weighted by Gasteiger charge is -2.28. The third kappa shape index (κ3) is 4.21. The van der Waals surface area contributed by atoms with Gasteiger partial charge in [-0.25, -0.2) is 14.4 Å². The van der Waals surface area contributed by atoms with E-state index in [1.54, 1.807) is 23.4 Å². The van der Waals surface area contributed by atoms with E-state index in [-0.39, 0.29) is 23.2 Å². The number of carbonyl (C=O) groups excluding carboxylic acids is 1. The number of aryl methyl sites for hydroxylation is 2. The Hall–Kier alpha value is -3.16. The molecular formula is C20H23FN6O. The first-order valence-corrected chi connectivity index (χ1v) is 9.25. The Morgan fingerprint density at radius 1 is 1.21 bits per heavy atom. The SMILES string of the molecule is CCN(C(=O)c1cccc(F)c1-n1nccn1)[C@@H](C)CCc1ncc(C)cn1. The van der Waals surface area contributed by atoms with E-state index in [1.165, 1.54) is 24.5 Å². The van der Waals surface area contributed by atoms with Gasteiger partial charge in [-0.2, -0.15) is 10.2 Å². The molecule has 0 radical (unpaired) electrons. The summed E-state index contributed by atoms with van der Waals surface area (Å²) in [5.41, 5.74) is 1.30. The number of carbonyl (C=O) groups is 1. The van der Waals surface area contributed by atoms with Gasteiger partial charge in [-0.1, -0.05) is 6.07 Å². The van der Waals surface area contributed by atoms with Gasteiger partial charge >= 0.3 is 0 Å². The molecule has 0 bridgehead atoms. The summed E-state index contributed by atoms with van der Waals surface area (Å²) in [6.45, 7) is 6.31. The van der Waals surface area contributed by atoms with Gasteiger partial charge in [0.2, 0.25) is 0 Å². The Kier molecular flexibility index (Phi) is 6.08. The largest absolute Gasteiger partial charge is 0.336 e. The van der Waals surface area contributed by atoms with Crippen LogP contribution in [-0.4, -0.2) is 48.4 Å². The van der Waals surface area contributed by atoms with Gasteiger partial charge in [0.25, 0.3) is 5.91 Å². The fraction of sp³-hybridized carbons (Fsp3) is 0.350. The second kappa shape index (κ2) is 8.69. The number of nitrogens with zero attached hydrogens (tertiary/aromatic N) is 6. The lowest BCUT2D eigenvalue weighted by Crippen LogP contribution is -2.39. The Bertz CT molecular complexity index is 926. The molecule has 1 aromatic carbocycles. The summed E-state index contributed by atoms with van der Waals surface area (Å²) >= 11 is 0. The third-order valence-electron chi connectivity index (χ3n) is 4.59. The number of hydrogen-bond acceptors (Lipinski definition) is 5. The molecule has 1 amide bonds. The van der Waals surface area contributed by atoms with Gasteiger partial charge in [0.15, 0.2) is 5.82 Å². The topological polar surface area (TPSA) is 76.8 Å². The van der Waals surface area contributed by atoms with Crippen LogP contribution in [-0.2, 0) is 6.42 Å². The van der Waals surface area contributed by atoms with E-state index >= 15 is 0 Å². The van der Waals surface area contributed by atoms with Crippen LogP contribution in [0, 0.1) is 12.7 Å². The highest BCUT2D eigenvalue weighted by molar-refractivity contribution is 5.98. The minimum Gasteiger partial charge on any atom is -0.336 e. The number of benzene rings is 1. The first kappa shape index (κ1) is 19.6. The zero-order valence-corrected chi connectivity index (χ0v) is 16.2. The van der Waals surface area contributed by atoms with E-state index < -0.39 is 5.82 Å². The fourth-order valence-electron chi connectivity index (χ4n) is 3.07. The van der Waals surface area contributed by atoms with E-state index in [0.717, 1.165) is 16.2 Å². The molecule has 28 heavy (non-hydrogen) atoms. The molecule has 8 heteroatoms. The monoisotopic (exact) mass is 382 g/mol. The molecule has 0 aliphatic carbocycles. The Balaban J connectivity index is 1.80. The van der Waals surface area contributed by atoms with Crippen molar-refractivity contribution in [1.82, 2.24) is 29.9 Å². The summed E-state index contributed by atoms with van der Waals surface area (Å²) in [5, 5.41) is 7.96. The van der Waals surface area contributed by atoms with Crippen molar-refractivity contribution < 1.29 is 9.18 Å². The molecule has 0 saturated heterocycles. The van der Waals surface area contributed by atoms with E-state index in [2.05, 4.69) is 20.2 Å². The van der Waals surface area contributed by atoms with Gasteiger partial charge in [0, 0.05) is 31.4 Å². The van der Waals surface area contributed by atoms with Crippen molar-refractivity contribution in [3.8, 4) is 5.69 Å². The summed E-state index contributed by atoms with van der Waals surface area (Å²) in [7, 11) is 0. The van der Waals surface area contributed by atoms with Gasteiger partial charge in [-0.05, 0) is 44.9 Å². The average Bonchev–Trinajstić information content (AvgIpc) is 3.22. The summed E-state index contributed by atoms with van der Waals surface area (Å²) in [4.78, 5) is 24.7. The average molecular weight is 382 g/mol.